The van der Waals surface area contributed by atoms with E-state index in [2.05, 4.69) is 51.9 Å². The van der Waals surface area contributed by atoms with Gasteiger partial charge < -0.3 is 20.7 Å². The molecule has 0 unspecified atom stereocenters. The van der Waals surface area contributed by atoms with E-state index in [0.29, 0.717) is 19.4 Å². The van der Waals surface area contributed by atoms with Crippen molar-refractivity contribution >= 4 is 16.9 Å². The molecule has 0 saturated carbocycles. The molecule has 5 heteroatoms. The Kier molecular flexibility index (Phi) is 6.88. The molecule has 0 aliphatic rings. The van der Waals surface area contributed by atoms with Crippen LogP contribution in [0.5, 0.6) is 0 Å². The second-order valence-electron chi connectivity index (χ2n) is 6.67. The molecule has 25 heavy (non-hydrogen) atoms. The second-order valence-corrected chi connectivity index (χ2v) is 6.67. The van der Waals surface area contributed by atoms with E-state index in [4.69, 9.17) is 0 Å². The number of aliphatic imine (C=N–C) groups is 1. The smallest absolute Gasteiger partial charge is 0.191 e. The first-order valence-corrected chi connectivity index (χ1v) is 9.32. The molecule has 0 radical (unpaired) electrons. The van der Waals surface area contributed by atoms with E-state index >= 15 is 0 Å². The van der Waals surface area contributed by atoms with Crippen molar-refractivity contribution in [3.05, 3.63) is 35.5 Å². The van der Waals surface area contributed by atoms with Gasteiger partial charge in [0.15, 0.2) is 5.96 Å². The molecule has 138 valence electrons. The summed E-state index contributed by atoms with van der Waals surface area (Å²) >= 11 is 0. The van der Waals surface area contributed by atoms with Crippen molar-refractivity contribution in [2.45, 2.75) is 52.6 Å². The van der Waals surface area contributed by atoms with Gasteiger partial charge >= 0.3 is 0 Å². The molecule has 2 rings (SSSR count). The maximum absolute atomic E-state index is 10.4. The molecule has 0 atom stereocenters. The van der Waals surface area contributed by atoms with E-state index in [1.165, 1.54) is 22.0 Å². The maximum atomic E-state index is 10.4. The highest BCUT2D eigenvalue weighted by Crippen LogP contribution is 2.19. The summed E-state index contributed by atoms with van der Waals surface area (Å²) < 4.78 is 0. The first kappa shape index (κ1) is 19.3. The fraction of sp³-hybridized carbons (Fsp3) is 0.550. The molecule has 0 amide bonds. The van der Waals surface area contributed by atoms with Crippen LogP contribution in [0.3, 0.4) is 0 Å². The quantitative estimate of drug-likeness (QED) is 0.439. The average Bonchev–Trinajstić information content (AvgIpc) is 3.01. The summed E-state index contributed by atoms with van der Waals surface area (Å²) in [6.07, 6.45) is 4.42. The number of benzene rings is 1. The van der Waals surface area contributed by atoms with Crippen LogP contribution < -0.4 is 10.6 Å². The molecule has 1 aromatic carbocycles. The number of nitrogens with one attached hydrogen (secondary N) is 3. The number of hydrogen-bond acceptors (Lipinski definition) is 2. The molecule has 1 heterocycles. The van der Waals surface area contributed by atoms with E-state index in [0.717, 1.165) is 25.5 Å². The van der Waals surface area contributed by atoms with Crippen LogP contribution in [0.1, 0.15) is 44.7 Å². The minimum Gasteiger partial charge on any atom is -0.388 e. The zero-order valence-corrected chi connectivity index (χ0v) is 15.9. The summed E-state index contributed by atoms with van der Waals surface area (Å²) in [7, 11) is 0. The Labute approximate surface area is 150 Å². The van der Waals surface area contributed by atoms with Gasteiger partial charge in [0, 0.05) is 30.2 Å². The highest BCUT2D eigenvalue weighted by atomic mass is 16.3. The highest BCUT2D eigenvalue weighted by Gasteiger charge is 2.21. The number of hydrogen-bond donors (Lipinski definition) is 4. The van der Waals surface area contributed by atoms with Crippen LogP contribution in [0.25, 0.3) is 10.9 Å². The molecule has 4 N–H and O–H groups in total. The first-order chi connectivity index (χ1) is 12.0. The molecular weight excluding hydrogens is 312 g/mol. The van der Waals surface area contributed by atoms with Crippen molar-refractivity contribution < 1.29 is 5.11 Å². The number of aromatic amines is 1. The standard InChI is InChI=1S/C20H32N4O/c1-5-20(25,6-2)14-24-19(21-7-3)22-11-10-16-13-23-18-12-15(4)8-9-17(16)18/h8-9,12-13,23,25H,5-7,10-11,14H2,1-4H3,(H2,21,22,24). The maximum Gasteiger partial charge on any atom is 0.191 e. The molecule has 5 nitrogen and oxygen atoms in total. The van der Waals surface area contributed by atoms with Crippen LogP contribution in [0.15, 0.2) is 29.4 Å². The minimum atomic E-state index is -0.711. The Morgan fingerprint density at radius 3 is 2.64 bits per heavy atom. The van der Waals surface area contributed by atoms with Gasteiger partial charge in [-0.05, 0) is 50.3 Å². The minimum absolute atomic E-state index is 0.418. The van der Waals surface area contributed by atoms with E-state index in [9.17, 15) is 5.11 Å². The van der Waals surface area contributed by atoms with E-state index in [-0.39, 0.29) is 0 Å². The Morgan fingerprint density at radius 1 is 1.20 bits per heavy atom. The van der Waals surface area contributed by atoms with E-state index in [1.54, 1.807) is 0 Å². The third-order valence-electron chi connectivity index (χ3n) is 4.80. The van der Waals surface area contributed by atoms with Gasteiger partial charge in [-0.3, -0.25) is 4.99 Å². The first-order valence-electron chi connectivity index (χ1n) is 9.32. The summed E-state index contributed by atoms with van der Waals surface area (Å²) in [4.78, 5) is 7.90. The van der Waals surface area contributed by atoms with Crippen LogP contribution in [0, 0.1) is 6.92 Å². The predicted octanol–water partition coefficient (Wildman–Crippen LogP) is 3.13. The number of H-pyrrole nitrogens is 1. The Bertz CT molecular complexity index is 701. The number of nitrogens with zero attached hydrogens (tertiary/aromatic N) is 1. The molecule has 0 bridgehead atoms. The number of aliphatic hydroxyl groups is 1. The van der Waals surface area contributed by atoms with E-state index in [1.807, 2.05) is 20.8 Å². The number of aryl methyl sites for hydroxylation is 1. The zero-order valence-electron chi connectivity index (χ0n) is 15.9. The van der Waals surface area contributed by atoms with Crippen molar-refractivity contribution in [2.24, 2.45) is 4.99 Å². The Hall–Kier alpha value is -2.01. The lowest BCUT2D eigenvalue weighted by atomic mass is 9.98. The van der Waals surface area contributed by atoms with Gasteiger partial charge in [-0.1, -0.05) is 26.0 Å². The van der Waals surface area contributed by atoms with Gasteiger partial charge in [-0.15, -0.1) is 0 Å². The normalized spacial score (nSPS) is 12.6. The van der Waals surface area contributed by atoms with Gasteiger partial charge in [-0.2, -0.15) is 0 Å². The van der Waals surface area contributed by atoms with Crippen LogP contribution >= 0.6 is 0 Å². The van der Waals surface area contributed by atoms with Crippen LogP contribution in [0.4, 0.5) is 0 Å². The van der Waals surface area contributed by atoms with E-state index < -0.39 is 5.60 Å². The fourth-order valence-corrected chi connectivity index (χ4v) is 2.86. The SMILES string of the molecule is CCNC(=NCC(O)(CC)CC)NCCc1c[nH]c2cc(C)ccc12. The topological polar surface area (TPSA) is 72.4 Å². The lowest BCUT2D eigenvalue weighted by Gasteiger charge is -2.23. The van der Waals surface area contributed by atoms with Crippen molar-refractivity contribution in [3.63, 3.8) is 0 Å². The molecule has 1 aromatic heterocycles. The second kappa shape index (κ2) is 8.90. The Balaban J connectivity index is 1.96. The van der Waals surface area contributed by atoms with Crippen LogP contribution in [-0.2, 0) is 6.42 Å². The molecule has 0 aliphatic carbocycles. The molecule has 2 aromatic rings. The number of guanidine groups is 1. The largest absolute Gasteiger partial charge is 0.388 e. The summed E-state index contributed by atoms with van der Waals surface area (Å²) in [6, 6.07) is 6.50. The Morgan fingerprint density at radius 2 is 1.96 bits per heavy atom. The molecule has 0 spiro atoms. The molecule has 0 fully saturated rings. The summed E-state index contributed by atoms with van der Waals surface area (Å²) in [5, 5.41) is 18.3. The van der Waals surface area contributed by atoms with Crippen molar-refractivity contribution in [2.75, 3.05) is 19.6 Å². The van der Waals surface area contributed by atoms with Gasteiger partial charge in [0.05, 0.1) is 12.1 Å². The van der Waals surface area contributed by atoms with Crippen molar-refractivity contribution in [1.29, 1.82) is 0 Å². The van der Waals surface area contributed by atoms with Crippen LogP contribution in [0.2, 0.25) is 0 Å². The fourth-order valence-electron chi connectivity index (χ4n) is 2.86. The number of aromatic nitrogens is 1. The van der Waals surface area contributed by atoms with Crippen molar-refractivity contribution in [3.8, 4) is 0 Å². The van der Waals surface area contributed by atoms with Gasteiger partial charge in [0.1, 0.15) is 0 Å². The van der Waals surface area contributed by atoms with Gasteiger partial charge in [0.25, 0.3) is 0 Å². The lowest BCUT2D eigenvalue weighted by molar-refractivity contribution is 0.0418. The van der Waals surface area contributed by atoms with Gasteiger partial charge in [0.2, 0.25) is 0 Å². The molecular formula is C20H32N4O. The highest BCUT2D eigenvalue weighted by molar-refractivity contribution is 5.84. The number of fused-ring (bicyclic) bond motifs is 1. The average molecular weight is 345 g/mol. The molecule has 0 saturated heterocycles. The summed E-state index contributed by atoms with van der Waals surface area (Å²) in [5.41, 5.74) is 3.04. The third-order valence-corrected chi connectivity index (χ3v) is 4.80. The monoisotopic (exact) mass is 344 g/mol. The molecule has 0 aliphatic heterocycles. The zero-order chi connectivity index (χ0) is 18.3. The van der Waals surface area contributed by atoms with Crippen LogP contribution in [-0.4, -0.2) is 41.3 Å². The lowest BCUT2D eigenvalue weighted by Crippen LogP contribution is -2.40. The third kappa shape index (κ3) is 5.23. The predicted molar refractivity (Wildman–Crippen MR) is 106 cm³/mol. The van der Waals surface area contributed by atoms with Crippen molar-refractivity contribution in [1.82, 2.24) is 15.6 Å². The van der Waals surface area contributed by atoms with Gasteiger partial charge in [-0.25, -0.2) is 0 Å². The summed E-state index contributed by atoms with van der Waals surface area (Å²) in [6.45, 7) is 10.2. The number of rotatable bonds is 8. The summed E-state index contributed by atoms with van der Waals surface area (Å²) in [5.74, 6) is 0.763.